The Labute approximate surface area is 428 Å². The molecule has 5 unspecified atom stereocenters. The number of aromatic nitrogens is 1. The van der Waals surface area contributed by atoms with Gasteiger partial charge in [0.2, 0.25) is 5.75 Å². The normalized spacial score (nSPS) is 35.4. The number of rotatable bonds is 11. The second-order valence-corrected chi connectivity index (χ2v) is 20.4. The van der Waals surface area contributed by atoms with Crippen molar-refractivity contribution in [1.29, 1.82) is 0 Å². The number of pyridine rings is 1. The van der Waals surface area contributed by atoms with Crippen molar-refractivity contribution in [3.05, 3.63) is 58.4 Å². The van der Waals surface area contributed by atoms with Crippen LogP contribution >= 0.6 is 11.6 Å². The van der Waals surface area contributed by atoms with E-state index in [1.54, 1.807) is 31.2 Å². The number of ether oxygens (including phenoxy) is 10. The maximum atomic E-state index is 14.5. The molecule has 2 aliphatic carbocycles. The highest BCUT2D eigenvalue weighted by molar-refractivity contribution is 6.30. The standard InChI is InChI=1S/C53H62ClN3O16/c1-25(2)67-38-18-29-17-35(58)33(21-32(29)45(64-8)46(38)65-9)50(61)56-34-20-31-15-16-37(49(54)55-31)70-39-19-30-14-13-28(40(24-66-51(34)62)71-42-22-36(59)44(57(6)7)26(3)68-42)11-10-12-41-53(30,73-41)48(39)72-43-23-52(5,63)47(60)27(4)69-43/h11,15-18,21,25-27,30,34,36,39-44,47-48,58-60,63H,19-20,22-24H2,1-9H3,(H,56,61)/b28-11+/t26-,27?,30?,34?,36-,39-,40?,41-,42-,43-,44+,47-,48-,52+,53?/m0/s1. The second kappa shape index (κ2) is 20.7. The van der Waals surface area contributed by atoms with Gasteiger partial charge in [0.15, 0.2) is 46.7 Å². The fourth-order valence-corrected chi connectivity index (χ4v) is 10.9. The number of aliphatic hydroxyl groups excluding tert-OH is 2. The van der Waals surface area contributed by atoms with Gasteiger partial charge in [-0.15, -0.1) is 0 Å². The quantitative estimate of drug-likeness (QED) is 0.0798. The van der Waals surface area contributed by atoms with Gasteiger partial charge in [-0.05, 0) is 84.4 Å². The molecule has 1 amide bonds. The molecule has 15 atom stereocenters. The van der Waals surface area contributed by atoms with E-state index in [0.29, 0.717) is 22.1 Å². The molecule has 392 valence electrons. The van der Waals surface area contributed by atoms with Crippen LogP contribution in [-0.2, 0) is 39.6 Å². The number of methoxy groups -OCH3 is 2. The molecule has 3 aromatic rings. The van der Waals surface area contributed by atoms with E-state index in [9.17, 15) is 30.0 Å². The van der Waals surface area contributed by atoms with Gasteiger partial charge in [-0.2, -0.15) is 0 Å². The van der Waals surface area contributed by atoms with Crippen LogP contribution in [0.3, 0.4) is 0 Å². The van der Waals surface area contributed by atoms with E-state index in [0.717, 1.165) is 0 Å². The minimum absolute atomic E-state index is 0.0629. The highest BCUT2D eigenvalue weighted by atomic mass is 35.5. The van der Waals surface area contributed by atoms with Gasteiger partial charge in [0.25, 0.3) is 5.91 Å². The largest absolute Gasteiger partial charge is 0.507 e. The molecule has 7 aliphatic rings. The van der Waals surface area contributed by atoms with Gasteiger partial charge in [0.1, 0.15) is 42.8 Å². The molecule has 4 fully saturated rings. The number of allylic oxidation sites excluding steroid dienone is 1. The molecule has 5 N–H and O–H groups in total. The Bertz CT molecular complexity index is 2770. The molecule has 20 heteroatoms. The number of carbonyl (C=O) groups excluding carboxylic acids is 2. The van der Waals surface area contributed by atoms with Crippen LogP contribution in [0.4, 0.5) is 0 Å². The van der Waals surface area contributed by atoms with E-state index in [4.69, 9.17) is 59.0 Å². The summed E-state index contributed by atoms with van der Waals surface area (Å²) in [6.45, 7) is 8.26. The summed E-state index contributed by atoms with van der Waals surface area (Å²) < 4.78 is 62.2. The molecule has 2 aromatic carbocycles. The third-order valence-electron chi connectivity index (χ3n) is 14.2. The van der Waals surface area contributed by atoms with Gasteiger partial charge in [0.05, 0.1) is 61.8 Å². The lowest BCUT2D eigenvalue weighted by Gasteiger charge is -2.43. The minimum atomic E-state index is -1.53. The lowest BCUT2D eigenvalue weighted by Crippen LogP contribution is -2.57. The Balaban J connectivity index is 1.08. The van der Waals surface area contributed by atoms with Gasteiger partial charge in [-0.3, -0.25) is 4.79 Å². The van der Waals surface area contributed by atoms with Gasteiger partial charge in [-0.25, -0.2) is 9.78 Å². The van der Waals surface area contributed by atoms with E-state index in [1.165, 1.54) is 33.3 Å². The number of hydrogen-bond donors (Lipinski definition) is 5. The minimum Gasteiger partial charge on any atom is -0.507 e. The van der Waals surface area contributed by atoms with Gasteiger partial charge in [0, 0.05) is 48.4 Å². The molecule has 1 saturated carbocycles. The molecule has 5 bridgehead atoms. The fourth-order valence-electron chi connectivity index (χ4n) is 10.7. The number of halogens is 1. The maximum Gasteiger partial charge on any atom is 0.329 e. The highest BCUT2D eigenvalue weighted by Gasteiger charge is 2.73. The van der Waals surface area contributed by atoms with Gasteiger partial charge < -0.3 is 78.0 Å². The number of benzene rings is 2. The maximum absolute atomic E-state index is 14.5. The Hall–Kier alpha value is -5.42. The van der Waals surface area contributed by atoms with Crippen molar-refractivity contribution in [3.63, 3.8) is 0 Å². The van der Waals surface area contributed by atoms with Crippen LogP contribution in [0.2, 0.25) is 5.15 Å². The van der Waals surface area contributed by atoms with Crippen LogP contribution in [0.1, 0.15) is 69.9 Å². The van der Waals surface area contributed by atoms with E-state index in [-0.39, 0.29) is 71.5 Å². The summed E-state index contributed by atoms with van der Waals surface area (Å²) in [5.41, 5.74) is -2.27. The summed E-state index contributed by atoms with van der Waals surface area (Å²) in [5.74, 6) is 11.2. The van der Waals surface area contributed by atoms with Crippen LogP contribution in [0.25, 0.3) is 10.8 Å². The molecule has 5 aliphatic heterocycles. The van der Waals surface area contributed by atoms with Crippen molar-refractivity contribution in [2.45, 2.75) is 151 Å². The number of phenolic OH excluding ortho intramolecular Hbond substituents is 1. The molecule has 19 nitrogen and oxygen atoms in total. The van der Waals surface area contributed by atoms with Crippen molar-refractivity contribution < 1.29 is 77.4 Å². The average molecular weight is 1030 g/mol. The van der Waals surface area contributed by atoms with E-state index >= 15 is 0 Å². The summed E-state index contributed by atoms with van der Waals surface area (Å²) >= 11 is 6.88. The number of esters is 1. The molecular formula is C53H62ClN3O16. The summed E-state index contributed by atoms with van der Waals surface area (Å²) in [4.78, 5) is 35.4. The average Bonchev–Trinajstić information content (AvgIpc) is 3.95. The lowest BCUT2D eigenvalue weighted by molar-refractivity contribution is -0.291. The zero-order valence-corrected chi connectivity index (χ0v) is 42.8. The number of phenols is 1. The van der Waals surface area contributed by atoms with E-state index < -0.39 is 109 Å². The monoisotopic (exact) mass is 1030 g/mol. The molecule has 10 rings (SSSR count). The van der Waals surface area contributed by atoms with Crippen LogP contribution in [0, 0.1) is 29.6 Å². The second-order valence-electron chi connectivity index (χ2n) is 20.1. The fraction of sp³-hybridized carbons (Fsp3) is 0.566. The Kier molecular flexibility index (Phi) is 14.9. The molecule has 1 spiro atoms. The van der Waals surface area contributed by atoms with Crippen molar-refractivity contribution >= 4 is 34.2 Å². The highest BCUT2D eigenvalue weighted by Crippen LogP contribution is 2.56. The third-order valence-corrected chi connectivity index (χ3v) is 14.5. The predicted octanol–water partition coefficient (Wildman–Crippen LogP) is 3.59. The lowest BCUT2D eigenvalue weighted by atomic mass is 9.88. The number of aromatic hydroxyl groups is 1. The Morgan fingerprint density at radius 2 is 1.77 bits per heavy atom. The molecule has 6 heterocycles. The number of likely N-dealkylation sites (N-methyl/N-ethyl adjacent to an activating group) is 1. The first kappa shape index (κ1) is 52.4. The molecule has 3 saturated heterocycles. The van der Waals surface area contributed by atoms with Crippen LogP contribution in [-0.4, -0.2) is 168 Å². The number of aliphatic hydroxyl groups is 3. The van der Waals surface area contributed by atoms with Gasteiger partial charge in [-0.1, -0.05) is 35.3 Å². The topological polar surface area (TPSA) is 239 Å². The van der Waals surface area contributed by atoms with E-state index in [1.807, 2.05) is 39.8 Å². The summed E-state index contributed by atoms with van der Waals surface area (Å²) in [7, 11) is 6.60. The summed E-state index contributed by atoms with van der Waals surface area (Å²) in [6.07, 6.45) is -7.31. The predicted molar refractivity (Wildman–Crippen MR) is 261 cm³/mol. The van der Waals surface area contributed by atoms with Crippen LogP contribution in [0.15, 0.2) is 42.0 Å². The zero-order chi connectivity index (χ0) is 52.3. The molecule has 0 radical (unpaired) electrons. The number of nitrogens with zero attached hydrogens (tertiary/aromatic N) is 2. The number of amides is 1. The molecule has 1 aromatic heterocycles. The van der Waals surface area contributed by atoms with E-state index in [2.05, 4.69) is 34.0 Å². The number of carbonyl (C=O) groups is 2. The first-order valence-electron chi connectivity index (χ1n) is 24.4. The van der Waals surface area contributed by atoms with Crippen molar-refractivity contribution in [1.82, 2.24) is 15.2 Å². The van der Waals surface area contributed by atoms with Crippen molar-refractivity contribution in [2.75, 3.05) is 34.9 Å². The number of fused-ring (bicyclic) bond motifs is 8. The smallest absolute Gasteiger partial charge is 0.329 e. The van der Waals surface area contributed by atoms with Crippen molar-refractivity contribution in [2.24, 2.45) is 5.92 Å². The number of hydrogen-bond acceptors (Lipinski definition) is 18. The Morgan fingerprint density at radius 1 is 1.01 bits per heavy atom. The van der Waals surface area contributed by atoms with Crippen LogP contribution < -0.4 is 24.3 Å². The zero-order valence-electron chi connectivity index (χ0n) is 42.0. The third kappa shape index (κ3) is 10.4. The first-order chi connectivity index (χ1) is 34.7. The Morgan fingerprint density at radius 3 is 2.45 bits per heavy atom. The summed E-state index contributed by atoms with van der Waals surface area (Å²) in [6, 6.07) is 5.89. The van der Waals surface area contributed by atoms with Crippen LogP contribution in [0.5, 0.6) is 28.7 Å². The number of nitrogens with one attached hydrogen (secondary N) is 1. The molecular weight excluding hydrogens is 970 g/mol. The molecule has 73 heavy (non-hydrogen) atoms. The van der Waals surface area contributed by atoms with Gasteiger partial charge >= 0.3 is 5.97 Å². The number of epoxide rings is 1. The first-order valence-corrected chi connectivity index (χ1v) is 24.7. The summed E-state index contributed by atoms with van der Waals surface area (Å²) in [5, 5.41) is 48.1. The van der Waals surface area contributed by atoms with Crippen molar-refractivity contribution in [3.8, 4) is 52.4 Å². The SMILES string of the molecule is COc1c(OC(C)C)cc2cc(O)c(C(=O)NC3Cc4ccc(c(Cl)n4)O[C@H]4CC5C#C/C(=C\C#C[C@@H]6OC56[C@H]4O[C@H]4C[C@@](C)(O)[C@@H](O)C(C)O4)C(O[C@H]4C[C@H](O)[C@H](N(C)C)[C@H](C)O4)COC3=O)cc2c1OC.